The molecule has 0 heterocycles. The van der Waals surface area contributed by atoms with Gasteiger partial charge in [-0.2, -0.15) is 6.66 Å². The van der Waals surface area contributed by atoms with Crippen LogP contribution in [0.1, 0.15) is 64.2 Å². The molecular formula is C25H33ClPPd+. The van der Waals surface area contributed by atoms with Crippen LogP contribution < -0.4 is 5.30 Å². The molecule has 2 aliphatic rings. The molecule has 0 atom stereocenters. The van der Waals surface area contributed by atoms with Crippen molar-refractivity contribution in [3.63, 3.8) is 0 Å². The van der Waals surface area contributed by atoms with Crippen molar-refractivity contribution >= 4 is 22.1 Å². The van der Waals surface area contributed by atoms with Crippen molar-refractivity contribution in [2.45, 2.75) is 75.5 Å². The van der Waals surface area contributed by atoms with Gasteiger partial charge in [-0.25, -0.2) is 0 Å². The molecule has 0 aromatic heterocycles. The van der Waals surface area contributed by atoms with E-state index in [0.717, 1.165) is 11.3 Å². The monoisotopic (exact) mass is 505 g/mol. The number of halogens is 1. The average Bonchev–Trinajstić information content (AvgIpc) is 2.82. The van der Waals surface area contributed by atoms with Crippen molar-refractivity contribution in [1.29, 1.82) is 0 Å². The van der Waals surface area contributed by atoms with Crippen LogP contribution in [0.15, 0.2) is 54.6 Å². The van der Waals surface area contributed by atoms with Gasteiger partial charge in [-0.05, 0) is 74.6 Å². The van der Waals surface area contributed by atoms with Gasteiger partial charge in [-0.3, -0.25) is 0 Å². The summed E-state index contributed by atoms with van der Waals surface area (Å²) < 4.78 is 0. The SMILES string of the molecule is [CH2-][P+](c1ccc(-c2ccccc2)cc1)(C1CCCCC1)C1CCCCC1.[Cl][Pd+]. The maximum atomic E-state index is 5.10. The van der Waals surface area contributed by atoms with E-state index >= 15 is 0 Å². The Hall–Kier alpha value is -0.178. The van der Waals surface area contributed by atoms with E-state index in [1.807, 2.05) is 0 Å². The second-order valence-corrected chi connectivity index (χ2v) is 12.3. The van der Waals surface area contributed by atoms with E-state index in [9.17, 15) is 0 Å². The van der Waals surface area contributed by atoms with E-state index in [4.69, 9.17) is 6.66 Å². The van der Waals surface area contributed by atoms with Gasteiger partial charge in [0.05, 0.1) is 5.30 Å². The van der Waals surface area contributed by atoms with E-state index in [1.165, 1.54) is 75.3 Å². The van der Waals surface area contributed by atoms with Gasteiger partial charge in [-0.1, -0.05) is 62.6 Å². The van der Waals surface area contributed by atoms with Gasteiger partial charge in [0.15, 0.2) is 0 Å². The molecule has 0 nitrogen and oxygen atoms in total. The molecular weight excluding hydrogens is 473 g/mol. The van der Waals surface area contributed by atoms with Gasteiger partial charge in [0.25, 0.3) is 0 Å². The topological polar surface area (TPSA) is 0 Å². The molecule has 2 aromatic carbocycles. The molecule has 2 aliphatic carbocycles. The predicted octanol–water partition coefficient (Wildman–Crippen LogP) is 8.14. The number of benzene rings is 2. The molecule has 0 spiro atoms. The Morgan fingerprint density at radius 1 is 0.643 bits per heavy atom. The molecule has 4 rings (SSSR count). The maximum absolute atomic E-state index is 5.10. The summed E-state index contributed by atoms with van der Waals surface area (Å²) in [6, 6.07) is 20.4. The summed E-state index contributed by atoms with van der Waals surface area (Å²) in [5.41, 5.74) is 4.42. The molecule has 0 aliphatic heterocycles. The van der Waals surface area contributed by atoms with Crippen LogP contribution in [0.5, 0.6) is 0 Å². The fourth-order valence-electron chi connectivity index (χ4n) is 5.37. The molecule has 2 fully saturated rings. The molecule has 0 bridgehead atoms. The molecule has 0 radical (unpaired) electrons. The van der Waals surface area contributed by atoms with Crippen LogP contribution >= 0.6 is 16.8 Å². The second-order valence-electron chi connectivity index (χ2n) is 8.43. The summed E-state index contributed by atoms with van der Waals surface area (Å²) >= 11 is 2.22. The molecule has 0 saturated heterocycles. The van der Waals surface area contributed by atoms with E-state index in [0.29, 0.717) is 0 Å². The standard InChI is InChI=1S/C25H33P.ClH.Pd/c1-26(23-13-7-3-8-14-23,24-15-9-4-10-16-24)25-19-17-22(18-20-25)21-11-5-2-6-12-21;;/h2,5-6,11-12,17-20,23-24H,1,3-4,7-10,13-16H2;1H;/q;;+2/p-1. The predicted molar refractivity (Wildman–Crippen MR) is 123 cm³/mol. The van der Waals surface area contributed by atoms with Crippen molar-refractivity contribution in [2.75, 3.05) is 0 Å². The molecule has 3 heteroatoms. The zero-order chi connectivity index (χ0) is 19.8. The van der Waals surface area contributed by atoms with Gasteiger partial charge in [-0.15, -0.1) is 0 Å². The summed E-state index contributed by atoms with van der Waals surface area (Å²) in [6.07, 6.45) is 14.3. The molecule has 28 heavy (non-hydrogen) atoms. The summed E-state index contributed by atoms with van der Waals surface area (Å²) in [7, 11) is 3.15. The van der Waals surface area contributed by atoms with Crippen molar-refractivity contribution in [3.8, 4) is 11.1 Å². The Morgan fingerprint density at radius 3 is 1.54 bits per heavy atom. The quantitative estimate of drug-likeness (QED) is 0.223. The Labute approximate surface area is 187 Å². The van der Waals surface area contributed by atoms with Crippen molar-refractivity contribution in [3.05, 3.63) is 61.3 Å². The summed E-state index contributed by atoms with van der Waals surface area (Å²) in [6.45, 7) is 5.10. The second kappa shape index (κ2) is 11.3. The van der Waals surface area contributed by atoms with Gasteiger partial charge in [0.2, 0.25) is 0 Å². The van der Waals surface area contributed by atoms with Crippen molar-refractivity contribution in [2.24, 2.45) is 0 Å². The first-order valence-electron chi connectivity index (χ1n) is 10.8. The molecule has 0 unspecified atom stereocenters. The Morgan fingerprint density at radius 2 is 1.07 bits per heavy atom. The number of hydrogen-bond acceptors (Lipinski definition) is 0. The van der Waals surface area contributed by atoms with Gasteiger partial charge < -0.3 is 0 Å². The molecule has 2 saturated carbocycles. The summed E-state index contributed by atoms with van der Waals surface area (Å²) in [5.74, 6) is 0. The van der Waals surface area contributed by atoms with E-state index in [-0.39, 0.29) is 0 Å². The number of hydrogen-bond donors (Lipinski definition) is 0. The van der Waals surface area contributed by atoms with Crippen LogP contribution in [-0.2, 0) is 18.2 Å². The normalized spacial score (nSPS) is 19.0. The summed E-state index contributed by atoms with van der Waals surface area (Å²) in [4.78, 5) is 0. The van der Waals surface area contributed by atoms with Crippen molar-refractivity contribution in [1.82, 2.24) is 0 Å². The third-order valence-electron chi connectivity index (χ3n) is 6.91. The van der Waals surface area contributed by atoms with Crippen LogP contribution in [0, 0.1) is 6.66 Å². The van der Waals surface area contributed by atoms with Crippen LogP contribution in [-0.4, -0.2) is 11.3 Å². The minimum atomic E-state index is -1.33. The zero-order valence-electron chi connectivity index (χ0n) is 16.8. The molecule has 2 aromatic rings. The van der Waals surface area contributed by atoms with Crippen LogP contribution in [0.25, 0.3) is 11.1 Å². The fourth-order valence-corrected chi connectivity index (χ4v) is 10.1. The first-order valence-corrected chi connectivity index (χ1v) is 14.9. The molecule has 0 N–H and O–H groups in total. The fraction of sp³-hybridized carbons (Fsp3) is 0.480. The minimum absolute atomic E-state index is 0.877. The third-order valence-corrected chi connectivity index (χ3v) is 11.8. The Balaban J connectivity index is 0.00000109. The first-order chi connectivity index (χ1) is 13.8. The third kappa shape index (κ3) is 5.11. The van der Waals surface area contributed by atoms with Gasteiger partial charge in [0, 0.05) is 11.3 Å². The Bertz CT molecular complexity index is 670. The number of rotatable bonds is 4. The van der Waals surface area contributed by atoms with Crippen molar-refractivity contribution < 1.29 is 18.2 Å². The Kier molecular flexibility index (Phi) is 9.07. The zero-order valence-corrected chi connectivity index (χ0v) is 20.0. The summed E-state index contributed by atoms with van der Waals surface area (Å²) in [5, 5.41) is 1.61. The van der Waals surface area contributed by atoms with Crippen LogP contribution in [0.4, 0.5) is 0 Å². The van der Waals surface area contributed by atoms with E-state index < -0.39 is 7.26 Å². The van der Waals surface area contributed by atoms with E-state index in [1.54, 1.807) is 5.30 Å². The van der Waals surface area contributed by atoms with Crippen LogP contribution in [0.3, 0.4) is 0 Å². The molecule has 0 amide bonds. The van der Waals surface area contributed by atoms with Gasteiger partial charge >= 0.3 is 27.7 Å². The first kappa shape index (κ1) is 22.5. The van der Waals surface area contributed by atoms with E-state index in [2.05, 4.69) is 82.3 Å². The van der Waals surface area contributed by atoms with Crippen LogP contribution in [0.2, 0.25) is 0 Å². The molecule has 154 valence electrons. The van der Waals surface area contributed by atoms with Gasteiger partial charge in [0.1, 0.15) is 0 Å². The average molecular weight is 506 g/mol.